The van der Waals surface area contributed by atoms with Gasteiger partial charge in [0.2, 0.25) is 0 Å². The van der Waals surface area contributed by atoms with Crippen LogP contribution in [-0.4, -0.2) is 26.4 Å². The number of rotatable bonds is 20. The first-order valence-corrected chi connectivity index (χ1v) is 16.4. The lowest BCUT2D eigenvalue weighted by molar-refractivity contribution is 0.304. The fraction of sp³-hybridized carbons (Fsp3) is 0.243. The monoisotopic (exact) mass is 612 g/mol. The van der Waals surface area contributed by atoms with E-state index in [0.717, 1.165) is 87.1 Å². The summed E-state index contributed by atoms with van der Waals surface area (Å²) in [4.78, 5) is 2.27. The van der Waals surface area contributed by atoms with E-state index in [1.807, 2.05) is 60.7 Å². The van der Waals surface area contributed by atoms with E-state index in [4.69, 9.17) is 18.9 Å². The Bertz CT molecular complexity index is 1460. The van der Waals surface area contributed by atoms with Gasteiger partial charge in [-0.25, -0.2) is 0 Å². The Balaban J connectivity index is 1.82. The van der Waals surface area contributed by atoms with Crippen molar-refractivity contribution in [1.29, 1.82) is 0 Å². The van der Waals surface area contributed by atoms with E-state index in [1.165, 1.54) is 0 Å². The van der Waals surface area contributed by atoms with Gasteiger partial charge < -0.3 is 18.9 Å². The van der Waals surface area contributed by atoms with E-state index in [9.17, 15) is 0 Å². The standard InChI is InChI=1S/C37H40O4S2/c1-5-9-13-25-41-33-19-15-18-32(40-24-12-8-4)35(33)29-21-27-43-37(29)36-28(20-26-42-36)34-30(38-22-10-6-2)16-14-17-31(34)39-23-11-7-3/h5-8,14-21,26-27H,1-4,9-13,22-25H2. The van der Waals surface area contributed by atoms with Crippen LogP contribution in [-0.2, 0) is 0 Å². The first-order chi connectivity index (χ1) is 21.2. The van der Waals surface area contributed by atoms with Gasteiger partial charge in [0.05, 0.1) is 47.3 Å². The van der Waals surface area contributed by atoms with Crippen LogP contribution >= 0.6 is 22.7 Å². The smallest absolute Gasteiger partial charge is 0.130 e. The summed E-state index contributed by atoms with van der Waals surface area (Å²) in [7, 11) is 0. The molecule has 2 aromatic carbocycles. The molecule has 0 bridgehead atoms. The Morgan fingerprint density at radius 2 is 0.860 bits per heavy atom. The SMILES string of the molecule is C=CCCCOc1cccc(OCCC=C)c1-c1ccsc1-c1sccc1-c1c(OCCC=C)cccc1OCCC=C. The Labute approximate surface area is 264 Å². The molecular weight excluding hydrogens is 573 g/mol. The summed E-state index contributed by atoms with van der Waals surface area (Å²) < 4.78 is 25.2. The molecule has 0 N–H and O–H groups in total. The van der Waals surface area contributed by atoms with E-state index in [0.29, 0.717) is 26.4 Å². The summed E-state index contributed by atoms with van der Waals surface area (Å²) >= 11 is 3.41. The van der Waals surface area contributed by atoms with Gasteiger partial charge in [-0.05, 0) is 79.3 Å². The third kappa shape index (κ3) is 8.31. The molecule has 0 radical (unpaired) electrons. The lowest BCUT2D eigenvalue weighted by Crippen LogP contribution is -2.02. The Morgan fingerprint density at radius 3 is 1.23 bits per heavy atom. The van der Waals surface area contributed by atoms with Crippen LogP contribution < -0.4 is 18.9 Å². The Kier molecular flexibility index (Phi) is 12.8. The van der Waals surface area contributed by atoms with Gasteiger partial charge in [0, 0.05) is 11.1 Å². The van der Waals surface area contributed by atoms with Crippen LogP contribution in [0, 0.1) is 0 Å². The minimum Gasteiger partial charge on any atom is -0.493 e. The van der Waals surface area contributed by atoms with Crippen molar-refractivity contribution in [2.24, 2.45) is 0 Å². The minimum atomic E-state index is 0.540. The van der Waals surface area contributed by atoms with Crippen molar-refractivity contribution >= 4 is 22.7 Å². The van der Waals surface area contributed by atoms with Crippen molar-refractivity contribution in [3.63, 3.8) is 0 Å². The molecule has 0 aliphatic rings. The summed E-state index contributed by atoms with van der Waals surface area (Å²) in [5.41, 5.74) is 4.04. The van der Waals surface area contributed by atoms with E-state index in [1.54, 1.807) is 22.7 Å². The highest BCUT2D eigenvalue weighted by Crippen LogP contribution is 2.52. The molecule has 2 aromatic heterocycles. The van der Waals surface area contributed by atoms with Crippen molar-refractivity contribution < 1.29 is 18.9 Å². The van der Waals surface area contributed by atoms with Crippen LogP contribution in [0.25, 0.3) is 32.0 Å². The average molecular weight is 613 g/mol. The highest BCUT2D eigenvalue weighted by Gasteiger charge is 2.24. The van der Waals surface area contributed by atoms with Gasteiger partial charge in [-0.2, -0.15) is 0 Å². The fourth-order valence-corrected chi connectivity index (χ4v) is 6.56. The molecule has 0 amide bonds. The minimum absolute atomic E-state index is 0.540. The molecule has 6 heteroatoms. The van der Waals surface area contributed by atoms with E-state index in [-0.39, 0.29) is 0 Å². The highest BCUT2D eigenvalue weighted by molar-refractivity contribution is 7.21. The van der Waals surface area contributed by atoms with Crippen molar-refractivity contribution in [2.75, 3.05) is 26.4 Å². The quantitative estimate of drug-likeness (QED) is 0.0735. The molecular formula is C37H40O4S2. The van der Waals surface area contributed by atoms with E-state index < -0.39 is 0 Å². The number of benzene rings is 2. The number of thiophene rings is 2. The molecule has 0 aliphatic carbocycles. The normalized spacial score (nSPS) is 10.6. The lowest BCUT2D eigenvalue weighted by Gasteiger charge is -2.18. The van der Waals surface area contributed by atoms with Gasteiger partial charge in [-0.1, -0.05) is 36.4 Å². The van der Waals surface area contributed by atoms with Crippen molar-refractivity contribution in [3.8, 4) is 55.0 Å². The predicted octanol–water partition coefficient (Wildman–Crippen LogP) is 11.0. The number of ether oxygens (including phenoxy) is 4. The molecule has 224 valence electrons. The Morgan fingerprint density at radius 1 is 0.488 bits per heavy atom. The van der Waals surface area contributed by atoms with Crippen molar-refractivity contribution in [1.82, 2.24) is 0 Å². The molecule has 4 aromatic rings. The zero-order valence-electron chi connectivity index (χ0n) is 24.7. The lowest BCUT2D eigenvalue weighted by atomic mass is 9.99. The molecule has 0 saturated heterocycles. The second kappa shape index (κ2) is 17.2. The highest BCUT2D eigenvalue weighted by atomic mass is 32.1. The van der Waals surface area contributed by atoms with E-state index in [2.05, 4.69) is 49.2 Å². The second-order valence-electron chi connectivity index (χ2n) is 9.64. The maximum atomic E-state index is 6.35. The number of hydrogen-bond acceptors (Lipinski definition) is 6. The molecule has 0 fully saturated rings. The molecule has 0 unspecified atom stereocenters. The van der Waals surface area contributed by atoms with Crippen LogP contribution in [0.1, 0.15) is 32.1 Å². The van der Waals surface area contributed by atoms with Gasteiger partial charge in [-0.3, -0.25) is 0 Å². The topological polar surface area (TPSA) is 36.9 Å². The largest absolute Gasteiger partial charge is 0.493 e. The fourth-order valence-electron chi connectivity index (χ4n) is 4.56. The molecule has 0 spiro atoms. The number of hydrogen-bond donors (Lipinski definition) is 0. The molecule has 4 rings (SSSR count). The van der Waals surface area contributed by atoms with Gasteiger partial charge in [0.25, 0.3) is 0 Å². The molecule has 0 saturated carbocycles. The van der Waals surface area contributed by atoms with Crippen molar-refractivity contribution in [2.45, 2.75) is 32.1 Å². The molecule has 43 heavy (non-hydrogen) atoms. The second-order valence-corrected chi connectivity index (χ2v) is 11.5. The van der Waals surface area contributed by atoms with Gasteiger partial charge in [0.15, 0.2) is 0 Å². The summed E-state index contributed by atoms with van der Waals surface area (Å²) in [5.74, 6) is 3.17. The van der Waals surface area contributed by atoms with Crippen molar-refractivity contribution in [3.05, 3.63) is 110 Å². The first kappa shape index (κ1) is 31.9. The molecule has 2 heterocycles. The van der Waals surface area contributed by atoms with Gasteiger partial charge in [0.1, 0.15) is 23.0 Å². The number of unbranched alkanes of at least 4 members (excludes halogenated alkanes) is 1. The average Bonchev–Trinajstić information content (AvgIpc) is 3.70. The van der Waals surface area contributed by atoms with Gasteiger partial charge >= 0.3 is 0 Å². The molecule has 0 atom stereocenters. The third-order valence-electron chi connectivity index (χ3n) is 6.60. The summed E-state index contributed by atoms with van der Waals surface area (Å²) in [6.07, 6.45) is 11.6. The van der Waals surface area contributed by atoms with Crippen LogP contribution in [0.2, 0.25) is 0 Å². The van der Waals surface area contributed by atoms with Crippen LogP contribution in [0.5, 0.6) is 23.0 Å². The summed E-state index contributed by atoms with van der Waals surface area (Å²) in [6, 6.07) is 16.3. The first-order valence-electron chi connectivity index (χ1n) is 14.6. The summed E-state index contributed by atoms with van der Waals surface area (Å²) in [6.45, 7) is 17.6. The summed E-state index contributed by atoms with van der Waals surface area (Å²) in [5, 5.41) is 4.26. The maximum Gasteiger partial charge on any atom is 0.130 e. The maximum absolute atomic E-state index is 6.35. The molecule has 0 aliphatic heterocycles. The van der Waals surface area contributed by atoms with Gasteiger partial charge in [-0.15, -0.1) is 49.0 Å². The van der Waals surface area contributed by atoms with E-state index >= 15 is 0 Å². The van der Waals surface area contributed by atoms with Crippen LogP contribution in [0.3, 0.4) is 0 Å². The zero-order valence-corrected chi connectivity index (χ0v) is 26.4. The van der Waals surface area contributed by atoms with Crippen LogP contribution in [0.4, 0.5) is 0 Å². The zero-order chi connectivity index (χ0) is 30.3. The molecule has 4 nitrogen and oxygen atoms in total. The predicted molar refractivity (Wildman–Crippen MR) is 184 cm³/mol. The van der Waals surface area contributed by atoms with Crippen LogP contribution in [0.15, 0.2) is 110 Å². The Hall–Kier alpha value is -4.00. The third-order valence-corrected chi connectivity index (χ3v) is 8.59. The number of allylic oxidation sites excluding steroid dienone is 1.